The second kappa shape index (κ2) is 7.52. The van der Waals surface area contributed by atoms with Crippen LogP contribution in [0.4, 0.5) is 5.69 Å². The van der Waals surface area contributed by atoms with Crippen molar-refractivity contribution in [3.8, 4) is 0 Å². The molecule has 6 heteroatoms. The Morgan fingerprint density at radius 1 is 1.10 bits per heavy atom. The number of hydrogen-bond acceptors (Lipinski definition) is 3. The molecule has 1 N–H and O–H groups in total. The number of fused-ring (bicyclic) bond motifs is 3. The van der Waals surface area contributed by atoms with Crippen molar-refractivity contribution in [2.24, 2.45) is 0 Å². The minimum absolute atomic E-state index is 0.0602. The smallest absolute Gasteiger partial charge is 0.275 e. The number of thiophene rings is 1. The molecule has 2 amide bonds. The monoisotopic (exact) mass is 435 g/mol. The SMILES string of the molecule is Cc1ccc(N2C(=O)c3cc4ccsc4n3CC2(C)C(=O)NC2CCCCC2)cc1C. The molecule has 162 valence electrons. The summed E-state index contributed by atoms with van der Waals surface area (Å²) in [7, 11) is 0. The molecule has 5 rings (SSSR count). The number of carbonyl (C=O) groups is 2. The second-order valence-corrected chi connectivity index (χ2v) is 10.2. The fraction of sp³-hybridized carbons (Fsp3) is 0.440. The van der Waals surface area contributed by atoms with Gasteiger partial charge in [-0.05, 0) is 74.4 Å². The molecule has 1 atom stereocenters. The number of nitrogens with zero attached hydrogens (tertiary/aromatic N) is 2. The van der Waals surface area contributed by atoms with Crippen LogP contribution in [0.1, 0.15) is 60.6 Å². The van der Waals surface area contributed by atoms with Gasteiger partial charge in [0.1, 0.15) is 16.1 Å². The van der Waals surface area contributed by atoms with E-state index in [-0.39, 0.29) is 17.9 Å². The van der Waals surface area contributed by atoms with Crippen molar-refractivity contribution in [3.05, 3.63) is 52.5 Å². The predicted molar refractivity (Wildman–Crippen MR) is 126 cm³/mol. The maximum atomic E-state index is 13.8. The van der Waals surface area contributed by atoms with Crippen molar-refractivity contribution in [2.45, 2.75) is 71.0 Å². The Morgan fingerprint density at radius 3 is 2.61 bits per heavy atom. The summed E-state index contributed by atoms with van der Waals surface area (Å²) in [6, 6.07) is 10.2. The van der Waals surface area contributed by atoms with Gasteiger partial charge in [0, 0.05) is 17.1 Å². The third-order valence-corrected chi connectivity index (χ3v) is 8.01. The molecule has 2 aliphatic rings. The molecule has 1 aliphatic heterocycles. The third-order valence-electron chi connectivity index (χ3n) is 7.06. The van der Waals surface area contributed by atoms with E-state index in [9.17, 15) is 9.59 Å². The fourth-order valence-electron chi connectivity index (χ4n) is 5.05. The van der Waals surface area contributed by atoms with Gasteiger partial charge >= 0.3 is 0 Å². The Morgan fingerprint density at radius 2 is 1.87 bits per heavy atom. The summed E-state index contributed by atoms with van der Waals surface area (Å²) in [5, 5.41) is 6.40. The van der Waals surface area contributed by atoms with Gasteiger partial charge in [-0.25, -0.2) is 0 Å². The zero-order valence-electron chi connectivity index (χ0n) is 18.4. The summed E-state index contributed by atoms with van der Waals surface area (Å²) >= 11 is 1.62. The largest absolute Gasteiger partial charge is 0.351 e. The van der Waals surface area contributed by atoms with Crippen LogP contribution in [-0.2, 0) is 11.3 Å². The van der Waals surface area contributed by atoms with Gasteiger partial charge in [-0.3, -0.25) is 14.5 Å². The zero-order valence-corrected chi connectivity index (χ0v) is 19.2. The topological polar surface area (TPSA) is 54.3 Å². The highest BCUT2D eigenvalue weighted by Gasteiger charge is 2.49. The van der Waals surface area contributed by atoms with Crippen LogP contribution >= 0.6 is 11.3 Å². The molecule has 0 saturated heterocycles. The molecule has 0 spiro atoms. The molecule has 1 saturated carbocycles. The first-order valence-electron chi connectivity index (χ1n) is 11.2. The molecular formula is C25H29N3O2S. The van der Waals surface area contributed by atoms with Crippen molar-refractivity contribution in [1.82, 2.24) is 9.88 Å². The highest BCUT2D eigenvalue weighted by Crippen LogP contribution is 2.38. The van der Waals surface area contributed by atoms with E-state index < -0.39 is 5.54 Å². The lowest BCUT2D eigenvalue weighted by Crippen LogP contribution is -2.65. The molecule has 31 heavy (non-hydrogen) atoms. The van der Waals surface area contributed by atoms with E-state index in [0.29, 0.717) is 12.2 Å². The first-order chi connectivity index (χ1) is 14.9. The van der Waals surface area contributed by atoms with E-state index in [1.165, 1.54) is 12.0 Å². The van der Waals surface area contributed by atoms with Crippen molar-refractivity contribution in [1.29, 1.82) is 0 Å². The lowest BCUT2D eigenvalue weighted by atomic mass is 9.90. The minimum atomic E-state index is -1.00. The van der Waals surface area contributed by atoms with Crippen LogP contribution in [0.5, 0.6) is 0 Å². The fourth-order valence-corrected chi connectivity index (χ4v) is 5.95. The minimum Gasteiger partial charge on any atom is -0.351 e. The summed E-state index contributed by atoms with van der Waals surface area (Å²) in [5.41, 5.74) is 2.72. The van der Waals surface area contributed by atoms with Gasteiger partial charge in [-0.2, -0.15) is 0 Å². The molecule has 3 aromatic rings. The number of nitrogens with one attached hydrogen (secondary N) is 1. The number of anilines is 1. The number of aryl methyl sites for hydroxylation is 2. The van der Waals surface area contributed by atoms with E-state index in [2.05, 4.69) is 12.2 Å². The lowest BCUT2D eigenvalue weighted by molar-refractivity contribution is -0.127. The van der Waals surface area contributed by atoms with Crippen LogP contribution in [0.15, 0.2) is 35.7 Å². The quantitative estimate of drug-likeness (QED) is 0.616. The molecule has 3 heterocycles. The van der Waals surface area contributed by atoms with E-state index in [0.717, 1.165) is 47.2 Å². The summed E-state index contributed by atoms with van der Waals surface area (Å²) in [6.07, 6.45) is 5.57. The molecular weight excluding hydrogens is 406 g/mol. The number of rotatable bonds is 3. The van der Waals surface area contributed by atoms with Crippen molar-refractivity contribution in [2.75, 3.05) is 4.90 Å². The maximum Gasteiger partial charge on any atom is 0.275 e. The van der Waals surface area contributed by atoms with Gasteiger partial charge < -0.3 is 9.88 Å². The summed E-state index contributed by atoms with van der Waals surface area (Å²) in [4.78, 5) is 30.4. The van der Waals surface area contributed by atoms with E-state index in [1.807, 2.05) is 54.1 Å². The van der Waals surface area contributed by atoms with Gasteiger partial charge in [-0.15, -0.1) is 11.3 Å². The average Bonchev–Trinajstić information content (AvgIpc) is 3.34. The van der Waals surface area contributed by atoms with Crippen molar-refractivity contribution in [3.63, 3.8) is 0 Å². The van der Waals surface area contributed by atoms with Gasteiger partial charge in [0.05, 0.1) is 6.54 Å². The Kier molecular flexibility index (Phi) is 4.93. The number of carbonyl (C=O) groups excluding carboxylic acids is 2. The Hall–Kier alpha value is -2.60. The Bertz CT molecular complexity index is 1170. The molecule has 2 aromatic heterocycles. The van der Waals surface area contributed by atoms with Crippen LogP contribution in [0.3, 0.4) is 0 Å². The maximum absolute atomic E-state index is 13.8. The highest BCUT2D eigenvalue weighted by atomic mass is 32.1. The molecule has 0 radical (unpaired) electrons. The van der Waals surface area contributed by atoms with Crippen LogP contribution in [0.2, 0.25) is 0 Å². The normalized spacial score (nSPS) is 22.0. The Balaban J connectivity index is 1.61. The molecule has 1 aliphatic carbocycles. The number of hydrogen-bond donors (Lipinski definition) is 1. The van der Waals surface area contributed by atoms with Crippen LogP contribution in [-0.4, -0.2) is 28.0 Å². The third kappa shape index (κ3) is 3.28. The number of amides is 2. The van der Waals surface area contributed by atoms with E-state index >= 15 is 0 Å². The van der Waals surface area contributed by atoms with Crippen molar-refractivity contribution >= 4 is 39.1 Å². The standard InChI is InChI=1S/C25H29N3O2S/c1-16-9-10-20(13-17(16)2)28-22(29)21-14-18-11-12-31-23(18)27(21)15-25(28,3)24(30)26-19-7-5-4-6-8-19/h9-14,19H,4-8,15H2,1-3H3,(H,26,30). The van der Waals surface area contributed by atoms with Crippen LogP contribution in [0, 0.1) is 13.8 Å². The van der Waals surface area contributed by atoms with Gasteiger partial charge in [0.25, 0.3) is 5.91 Å². The van der Waals surface area contributed by atoms with Gasteiger partial charge in [-0.1, -0.05) is 25.3 Å². The summed E-state index contributed by atoms with van der Waals surface area (Å²) < 4.78 is 2.04. The highest BCUT2D eigenvalue weighted by molar-refractivity contribution is 7.16. The summed E-state index contributed by atoms with van der Waals surface area (Å²) in [6.45, 7) is 6.47. The predicted octanol–water partition coefficient (Wildman–Crippen LogP) is 5.19. The summed E-state index contributed by atoms with van der Waals surface area (Å²) in [5.74, 6) is -0.172. The van der Waals surface area contributed by atoms with Gasteiger partial charge in [0.15, 0.2) is 0 Å². The molecule has 5 nitrogen and oxygen atoms in total. The first kappa shape index (κ1) is 20.3. The number of aromatic nitrogens is 1. The van der Waals surface area contributed by atoms with Crippen LogP contribution < -0.4 is 10.2 Å². The zero-order chi connectivity index (χ0) is 21.8. The molecule has 0 bridgehead atoms. The second-order valence-electron chi connectivity index (χ2n) is 9.29. The van der Waals surface area contributed by atoms with Gasteiger partial charge in [0.2, 0.25) is 5.91 Å². The van der Waals surface area contributed by atoms with Crippen LogP contribution in [0.25, 0.3) is 10.2 Å². The van der Waals surface area contributed by atoms with E-state index in [4.69, 9.17) is 0 Å². The lowest BCUT2D eigenvalue weighted by Gasteiger charge is -2.44. The Labute approximate surface area is 187 Å². The first-order valence-corrected chi connectivity index (χ1v) is 12.1. The molecule has 1 unspecified atom stereocenters. The van der Waals surface area contributed by atoms with Crippen molar-refractivity contribution < 1.29 is 9.59 Å². The number of benzene rings is 1. The molecule has 1 fully saturated rings. The van der Waals surface area contributed by atoms with E-state index in [1.54, 1.807) is 16.2 Å². The molecule has 1 aromatic carbocycles. The average molecular weight is 436 g/mol.